The number of phenolic OH excluding ortho intramolecular Hbond substituents is 1. The summed E-state index contributed by atoms with van der Waals surface area (Å²) >= 11 is 0. The number of benzene rings is 2. The molecule has 0 aliphatic heterocycles. The quantitative estimate of drug-likeness (QED) is 0.513. The molecular formula is C16H16N2O3. The highest BCUT2D eigenvalue weighted by Gasteiger charge is 2.04. The molecule has 2 aromatic rings. The van der Waals surface area contributed by atoms with E-state index in [4.69, 9.17) is 9.94 Å². The molecule has 0 saturated carbocycles. The van der Waals surface area contributed by atoms with Gasteiger partial charge in [0.1, 0.15) is 0 Å². The van der Waals surface area contributed by atoms with E-state index in [9.17, 15) is 5.11 Å². The molecule has 2 aromatic carbocycles. The number of para-hydroxylation sites is 1. The molecule has 0 aliphatic carbocycles. The number of methoxy groups -OCH3 is 1. The smallest absolute Gasteiger partial charge is 0.166 e. The fourth-order valence-corrected chi connectivity index (χ4v) is 1.80. The second-order valence-electron chi connectivity index (χ2n) is 4.39. The molecule has 0 fully saturated rings. The van der Waals surface area contributed by atoms with Crippen LogP contribution in [0, 0.1) is 0 Å². The van der Waals surface area contributed by atoms with Crippen molar-refractivity contribution in [3.63, 3.8) is 0 Å². The minimum absolute atomic E-state index is 0.0589. The van der Waals surface area contributed by atoms with Gasteiger partial charge in [0.15, 0.2) is 11.5 Å². The van der Waals surface area contributed by atoms with Crippen LogP contribution < -0.4 is 4.74 Å². The van der Waals surface area contributed by atoms with Crippen LogP contribution in [0.15, 0.2) is 52.6 Å². The molecule has 0 heterocycles. The fraction of sp³-hybridized carbons (Fsp3) is 0.125. The maximum Gasteiger partial charge on any atom is 0.166 e. The summed E-state index contributed by atoms with van der Waals surface area (Å²) in [5, 5.41) is 21.8. The van der Waals surface area contributed by atoms with E-state index in [0.717, 1.165) is 11.3 Å². The molecule has 0 unspecified atom stereocenters. The van der Waals surface area contributed by atoms with Gasteiger partial charge in [0.2, 0.25) is 0 Å². The number of ether oxygens (including phenoxy) is 1. The van der Waals surface area contributed by atoms with Gasteiger partial charge >= 0.3 is 0 Å². The first kappa shape index (κ1) is 14.6. The van der Waals surface area contributed by atoms with E-state index in [1.807, 2.05) is 12.1 Å². The van der Waals surface area contributed by atoms with Crippen molar-refractivity contribution < 1.29 is 15.1 Å². The summed E-state index contributed by atoms with van der Waals surface area (Å²) in [5.74, 6) is 0.465. The number of nitrogens with zero attached hydrogens (tertiary/aromatic N) is 2. The van der Waals surface area contributed by atoms with Crippen LogP contribution in [0.1, 0.15) is 18.1 Å². The molecule has 0 spiro atoms. The minimum Gasteiger partial charge on any atom is -0.504 e. The Morgan fingerprint density at radius 1 is 1.14 bits per heavy atom. The summed E-state index contributed by atoms with van der Waals surface area (Å²) in [6.07, 6.45) is 1.57. The fourth-order valence-electron chi connectivity index (χ4n) is 1.80. The van der Waals surface area contributed by atoms with Crippen molar-refractivity contribution in [1.82, 2.24) is 0 Å². The van der Waals surface area contributed by atoms with Crippen molar-refractivity contribution in [3.8, 4) is 11.5 Å². The minimum atomic E-state index is 0.0589. The van der Waals surface area contributed by atoms with Crippen molar-refractivity contribution in [2.24, 2.45) is 10.1 Å². The van der Waals surface area contributed by atoms with Crippen molar-refractivity contribution in [1.29, 1.82) is 0 Å². The van der Waals surface area contributed by atoms with Gasteiger partial charge in [0.25, 0.3) is 0 Å². The van der Waals surface area contributed by atoms with Crippen LogP contribution in [0.5, 0.6) is 11.5 Å². The Balaban J connectivity index is 2.22. The monoisotopic (exact) mass is 284 g/mol. The van der Waals surface area contributed by atoms with Gasteiger partial charge in [-0.3, -0.25) is 4.99 Å². The molecule has 0 atom stereocenters. The van der Waals surface area contributed by atoms with Gasteiger partial charge in [0.05, 0.1) is 18.5 Å². The molecule has 0 radical (unpaired) electrons. The Morgan fingerprint density at radius 3 is 2.48 bits per heavy atom. The first-order valence-corrected chi connectivity index (χ1v) is 6.35. The van der Waals surface area contributed by atoms with E-state index in [2.05, 4.69) is 10.1 Å². The molecule has 5 heteroatoms. The Hall–Kier alpha value is -2.82. The van der Waals surface area contributed by atoms with Crippen molar-refractivity contribution >= 4 is 17.6 Å². The first-order valence-electron chi connectivity index (χ1n) is 6.35. The summed E-state index contributed by atoms with van der Waals surface area (Å²) in [7, 11) is 1.50. The first-order chi connectivity index (χ1) is 10.2. The largest absolute Gasteiger partial charge is 0.504 e. The maximum atomic E-state index is 9.96. The number of hydrogen-bond donors (Lipinski definition) is 2. The third-order valence-electron chi connectivity index (χ3n) is 3.04. The van der Waals surface area contributed by atoms with Gasteiger partial charge in [0, 0.05) is 11.8 Å². The lowest BCUT2D eigenvalue weighted by Gasteiger charge is -2.05. The lowest BCUT2D eigenvalue weighted by atomic mass is 10.1. The topological polar surface area (TPSA) is 74.4 Å². The van der Waals surface area contributed by atoms with E-state index in [-0.39, 0.29) is 5.75 Å². The number of hydrogen-bond acceptors (Lipinski definition) is 5. The predicted molar refractivity (Wildman–Crippen MR) is 82.4 cm³/mol. The van der Waals surface area contributed by atoms with Gasteiger partial charge in [-0.25, -0.2) is 0 Å². The number of aromatic hydroxyl groups is 1. The molecule has 0 bridgehead atoms. The highest BCUT2D eigenvalue weighted by Crippen LogP contribution is 2.28. The third-order valence-corrected chi connectivity index (χ3v) is 3.04. The van der Waals surface area contributed by atoms with E-state index in [1.165, 1.54) is 7.11 Å². The van der Waals surface area contributed by atoms with Crippen molar-refractivity contribution in [2.45, 2.75) is 6.92 Å². The average molecular weight is 284 g/mol. The standard InChI is InChI=1S/C16H16N2O3/c1-11(18-20)12-6-8-14(9-7-12)17-10-13-4-3-5-15(21-2)16(13)19/h3-10,19-20H,1-2H3/b17-10?,18-11+. The van der Waals surface area contributed by atoms with Crippen LogP contribution in [0.3, 0.4) is 0 Å². The van der Waals surface area contributed by atoms with Gasteiger partial charge in [-0.1, -0.05) is 23.4 Å². The van der Waals surface area contributed by atoms with Crippen LogP contribution in [0.4, 0.5) is 5.69 Å². The SMILES string of the molecule is COc1cccc(C=Nc2ccc(/C(C)=N/O)cc2)c1O. The van der Waals surface area contributed by atoms with E-state index in [1.54, 1.807) is 43.5 Å². The van der Waals surface area contributed by atoms with Crippen LogP contribution in [-0.4, -0.2) is 29.3 Å². The van der Waals surface area contributed by atoms with Crippen molar-refractivity contribution in [3.05, 3.63) is 53.6 Å². The van der Waals surface area contributed by atoms with E-state index in [0.29, 0.717) is 17.0 Å². The van der Waals surface area contributed by atoms with E-state index >= 15 is 0 Å². The van der Waals surface area contributed by atoms with Gasteiger partial charge in [-0.2, -0.15) is 0 Å². The highest BCUT2D eigenvalue weighted by molar-refractivity contribution is 5.98. The normalized spacial score (nSPS) is 11.8. The van der Waals surface area contributed by atoms with Gasteiger partial charge in [-0.15, -0.1) is 0 Å². The Kier molecular flexibility index (Phi) is 4.56. The summed E-state index contributed by atoms with van der Waals surface area (Å²) in [6.45, 7) is 1.71. The molecule has 2 rings (SSSR count). The van der Waals surface area contributed by atoms with Crippen LogP contribution in [0.2, 0.25) is 0 Å². The Labute approximate surface area is 122 Å². The molecule has 0 saturated heterocycles. The lowest BCUT2D eigenvalue weighted by molar-refractivity contribution is 0.319. The highest BCUT2D eigenvalue weighted by atomic mass is 16.5. The molecular weight excluding hydrogens is 268 g/mol. The van der Waals surface area contributed by atoms with Crippen molar-refractivity contribution in [2.75, 3.05) is 7.11 Å². The third kappa shape index (κ3) is 3.39. The van der Waals surface area contributed by atoms with Crippen LogP contribution in [-0.2, 0) is 0 Å². The second kappa shape index (κ2) is 6.56. The van der Waals surface area contributed by atoms with Crippen LogP contribution >= 0.6 is 0 Å². The Morgan fingerprint density at radius 2 is 1.86 bits per heavy atom. The molecule has 0 aromatic heterocycles. The zero-order chi connectivity index (χ0) is 15.2. The molecule has 108 valence electrons. The lowest BCUT2D eigenvalue weighted by Crippen LogP contribution is -1.92. The summed E-state index contributed by atoms with van der Waals surface area (Å²) < 4.78 is 5.04. The number of oxime groups is 1. The molecule has 0 aliphatic rings. The average Bonchev–Trinajstić information content (AvgIpc) is 2.53. The predicted octanol–water partition coefficient (Wildman–Crippen LogP) is 3.35. The zero-order valence-corrected chi connectivity index (χ0v) is 11.8. The van der Waals surface area contributed by atoms with Gasteiger partial charge < -0.3 is 15.1 Å². The zero-order valence-electron chi connectivity index (χ0n) is 11.8. The number of aliphatic imine (C=N–C) groups is 1. The number of rotatable bonds is 4. The molecule has 5 nitrogen and oxygen atoms in total. The number of phenols is 1. The van der Waals surface area contributed by atoms with Crippen LogP contribution in [0.25, 0.3) is 0 Å². The molecule has 0 amide bonds. The second-order valence-corrected chi connectivity index (χ2v) is 4.39. The van der Waals surface area contributed by atoms with Gasteiger partial charge in [-0.05, 0) is 36.8 Å². The Bertz CT molecular complexity index is 676. The molecule has 2 N–H and O–H groups in total. The summed E-state index contributed by atoms with van der Waals surface area (Å²) in [6, 6.07) is 12.4. The molecule has 21 heavy (non-hydrogen) atoms. The van der Waals surface area contributed by atoms with E-state index < -0.39 is 0 Å². The summed E-state index contributed by atoms with van der Waals surface area (Å²) in [4.78, 5) is 4.30. The maximum absolute atomic E-state index is 9.96. The summed E-state index contributed by atoms with van der Waals surface area (Å²) in [5.41, 5.74) is 2.66.